The van der Waals surface area contributed by atoms with Gasteiger partial charge in [0.2, 0.25) is 0 Å². The molecule has 0 radical (unpaired) electrons. The average Bonchev–Trinajstić information content (AvgIpc) is 2.54. The molecule has 0 unspecified atom stereocenters. The van der Waals surface area contributed by atoms with E-state index in [1.165, 1.54) is 9.44 Å². The SMILES string of the molecule is [Cl-].[Cl-].[Cl-].[Ti+3][C]1=C(Cc2ccccc2)CC=C1. The van der Waals surface area contributed by atoms with Crippen LogP contribution in [0.25, 0.3) is 0 Å². The summed E-state index contributed by atoms with van der Waals surface area (Å²) in [5, 5.41) is 0. The topological polar surface area (TPSA) is 0 Å². The third-order valence-electron chi connectivity index (χ3n) is 2.29. The van der Waals surface area contributed by atoms with E-state index < -0.39 is 0 Å². The van der Waals surface area contributed by atoms with Crippen molar-refractivity contribution in [3.8, 4) is 0 Å². The van der Waals surface area contributed by atoms with Gasteiger partial charge in [-0.1, -0.05) is 0 Å². The molecule has 1 aliphatic rings. The molecular weight excluding hydrogens is 298 g/mol. The van der Waals surface area contributed by atoms with Crippen LogP contribution >= 0.6 is 0 Å². The molecule has 0 aliphatic heterocycles. The quantitative estimate of drug-likeness (QED) is 0.477. The maximum atomic E-state index is 2.24. The van der Waals surface area contributed by atoms with Gasteiger partial charge in [-0.15, -0.1) is 0 Å². The molecule has 0 atom stereocenters. The van der Waals surface area contributed by atoms with Crippen molar-refractivity contribution in [1.82, 2.24) is 0 Å². The molecule has 0 N–H and O–H groups in total. The summed E-state index contributed by atoms with van der Waals surface area (Å²) < 4.78 is 1.45. The predicted octanol–water partition coefficient (Wildman–Crippen LogP) is -6.00. The van der Waals surface area contributed by atoms with Crippen LogP contribution in [0.15, 0.2) is 51.9 Å². The fraction of sp³-hybridized carbons (Fsp3) is 0.167. The molecule has 2 rings (SSSR count). The molecule has 0 bridgehead atoms. The molecule has 0 amide bonds. The van der Waals surface area contributed by atoms with Gasteiger partial charge in [0.05, 0.1) is 0 Å². The van der Waals surface area contributed by atoms with Crippen molar-refractivity contribution in [1.29, 1.82) is 0 Å². The summed E-state index contributed by atoms with van der Waals surface area (Å²) in [7, 11) is 0. The molecule has 0 fully saturated rings. The summed E-state index contributed by atoms with van der Waals surface area (Å²) in [6.45, 7) is 0. The number of benzene rings is 1. The first-order valence-electron chi connectivity index (χ1n) is 4.50. The Morgan fingerprint density at radius 2 is 1.62 bits per heavy atom. The van der Waals surface area contributed by atoms with E-state index in [0.29, 0.717) is 0 Å². The van der Waals surface area contributed by atoms with Crippen molar-refractivity contribution in [3.63, 3.8) is 0 Å². The summed E-state index contributed by atoms with van der Waals surface area (Å²) in [5.41, 5.74) is 2.98. The summed E-state index contributed by atoms with van der Waals surface area (Å²) in [4.78, 5) is 0. The first-order chi connectivity index (χ1) is 6.36. The molecule has 0 spiro atoms. The number of hydrogen-bond donors (Lipinski definition) is 0. The van der Waals surface area contributed by atoms with E-state index in [-0.39, 0.29) is 37.2 Å². The monoisotopic (exact) mass is 308 g/mol. The van der Waals surface area contributed by atoms with Crippen LogP contribution in [0.5, 0.6) is 0 Å². The average molecular weight is 309 g/mol. The molecule has 0 saturated carbocycles. The maximum absolute atomic E-state index is 2.24. The summed E-state index contributed by atoms with van der Waals surface area (Å²) in [6, 6.07) is 10.7. The van der Waals surface area contributed by atoms with Crippen molar-refractivity contribution < 1.29 is 57.7 Å². The van der Waals surface area contributed by atoms with Crippen LogP contribution in [0.1, 0.15) is 12.0 Å². The summed E-state index contributed by atoms with van der Waals surface area (Å²) in [6.07, 6.45) is 6.71. The number of rotatable bonds is 2. The van der Waals surface area contributed by atoms with Crippen molar-refractivity contribution in [3.05, 3.63) is 57.5 Å². The second kappa shape index (κ2) is 9.33. The van der Waals surface area contributed by atoms with Crippen molar-refractivity contribution in [2.75, 3.05) is 0 Å². The Balaban J connectivity index is 0. The molecule has 84 valence electrons. The van der Waals surface area contributed by atoms with Gasteiger partial charge in [0.25, 0.3) is 0 Å². The predicted molar refractivity (Wildman–Crippen MR) is 50.9 cm³/mol. The Morgan fingerprint density at radius 3 is 2.12 bits per heavy atom. The van der Waals surface area contributed by atoms with Gasteiger partial charge in [0, 0.05) is 0 Å². The zero-order chi connectivity index (χ0) is 9.10. The van der Waals surface area contributed by atoms with E-state index in [1.807, 2.05) is 0 Å². The molecule has 0 nitrogen and oxygen atoms in total. The second-order valence-electron chi connectivity index (χ2n) is 3.29. The van der Waals surface area contributed by atoms with Crippen LogP contribution < -0.4 is 37.2 Å². The van der Waals surface area contributed by atoms with Gasteiger partial charge in [-0.3, -0.25) is 0 Å². The first-order valence-corrected chi connectivity index (χ1v) is 5.28. The Kier molecular flexibility index (Phi) is 10.9. The zero-order valence-corrected chi connectivity index (χ0v) is 12.4. The van der Waals surface area contributed by atoms with Crippen LogP contribution in [0.4, 0.5) is 0 Å². The van der Waals surface area contributed by atoms with Crippen LogP contribution in [-0.4, -0.2) is 0 Å². The fourth-order valence-electron chi connectivity index (χ4n) is 1.56. The van der Waals surface area contributed by atoms with Gasteiger partial charge in [-0.25, -0.2) is 0 Å². The van der Waals surface area contributed by atoms with Crippen LogP contribution in [-0.2, 0) is 26.9 Å². The van der Waals surface area contributed by atoms with E-state index in [9.17, 15) is 0 Å². The Hall–Kier alpha value is 0.284. The molecule has 1 aliphatic carbocycles. The minimum absolute atomic E-state index is 0. The number of allylic oxidation sites excluding steroid dienone is 4. The normalized spacial score (nSPS) is 12.6. The first kappa shape index (κ1) is 18.6. The summed E-state index contributed by atoms with van der Waals surface area (Å²) >= 11 is 2.20. The molecular formula is C12H11Cl3Ti. The van der Waals surface area contributed by atoms with E-state index in [2.05, 4.69) is 62.9 Å². The Bertz CT molecular complexity index is 358. The van der Waals surface area contributed by atoms with Gasteiger partial charge in [0.15, 0.2) is 0 Å². The second-order valence-corrected chi connectivity index (χ2v) is 4.13. The van der Waals surface area contributed by atoms with E-state index in [4.69, 9.17) is 0 Å². The molecule has 1 aromatic carbocycles. The number of hydrogen-bond acceptors (Lipinski definition) is 0. The van der Waals surface area contributed by atoms with Gasteiger partial charge in [-0.2, -0.15) is 0 Å². The standard InChI is InChI=1S/C12H11.3ClH.Ti/c1-2-6-11(7-3-1)10-12-8-4-5-9-12;;;;/h1-7H,8,10H2;3*1H;/q;;;;+3/p-3. The molecule has 1 aromatic rings. The third kappa shape index (κ3) is 5.08. The third-order valence-corrected chi connectivity index (χ3v) is 3.10. The van der Waals surface area contributed by atoms with Crippen molar-refractivity contribution >= 4 is 0 Å². The summed E-state index contributed by atoms with van der Waals surface area (Å²) in [5.74, 6) is 0. The number of halogens is 3. The Morgan fingerprint density at radius 1 is 1.00 bits per heavy atom. The van der Waals surface area contributed by atoms with Crippen LogP contribution in [0, 0.1) is 0 Å². The van der Waals surface area contributed by atoms with Gasteiger partial charge < -0.3 is 37.2 Å². The van der Waals surface area contributed by atoms with Gasteiger partial charge in [0.1, 0.15) is 0 Å². The van der Waals surface area contributed by atoms with Crippen LogP contribution in [0.2, 0.25) is 0 Å². The molecule has 0 saturated heterocycles. The molecule has 0 aromatic heterocycles. The van der Waals surface area contributed by atoms with E-state index in [1.54, 1.807) is 5.57 Å². The molecule has 16 heavy (non-hydrogen) atoms. The van der Waals surface area contributed by atoms with Gasteiger partial charge >= 0.3 is 90.8 Å². The fourth-order valence-corrected chi connectivity index (χ4v) is 2.04. The van der Waals surface area contributed by atoms with Crippen molar-refractivity contribution in [2.45, 2.75) is 12.8 Å². The van der Waals surface area contributed by atoms with Crippen molar-refractivity contribution in [2.24, 2.45) is 0 Å². The minimum atomic E-state index is 0. The van der Waals surface area contributed by atoms with Crippen LogP contribution in [0.3, 0.4) is 0 Å². The molecule has 4 heteroatoms. The molecule has 0 heterocycles. The Labute approximate surface area is 127 Å². The van der Waals surface area contributed by atoms with E-state index >= 15 is 0 Å². The van der Waals surface area contributed by atoms with E-state index in [0.717, 1.165) is 12.8 Å². The zero-order valence-electron chi connectivity index (χ0n) is 8.59. The van der Waals surface area contributed by atoms with Gasteiger partial charge in [-0.05, 0) is 0 Å².